The number of pyridine rings is 1. The number of aromatic nitrogens is 1. The number of halogens is 1. The van der Waals surface area contributed by atoms with E-state index in [4.69, 9.17) is 5.11 Å². The number of hydrogen-bond donors (Lipinski definition) is 1. The summed E-state index contributed by atoms with van der Waals surface area (Å²) in [5.41, 5.74) is 0.990. The molecule has 0 bridgehead atoms. The zero-order valence-electron chi connectivity index (χ0n) is 7.07. The largest absolute Gasteiger partial charge is 0.478 e. The number of rotatable bonds is 1. The zero-order chi connectivity index (χ0) is 10.1. The van der Waals surface area contributed by atoms with Crippen LogP contribution in [0.5, 0.6) is 0 Å². The van der Waals surface area contributed by atoms with Crippen molar-refractivity contribution in [2.45, 2.75) is 0 Å². The monoisotopic (exact) mass is 251 g/mol. The van der Waals surface area contributed by atoms with Gasteiger partial charge in [0, 0.05) is 16.1 Å². The Morgan fingerprint density at radius 1 is 1.36 bits per heavy atom. The van der Waals surface area contributed by atoms with E-state index >= 15 is 0 Å². The number of carbonyl (C=O) groups is 1. The zero-order valence-corrected chi connectivity index (χ0v) is 8.65. The van der Waals surface area contributed by atoms with Crippen LogP contribution in [0.1, 0.15) is 10.4 Å². The summed E-state index contributed by atoms with van der Waals surface area (Å²) in [6, 6.07) is 7.15. The first kappa shape index (κ1) is 9.15. The van der Waals surface area contributed by atoms with Gasteiger partial charge in [-0.25, -0.2) is 4.79 Å². The number of benzene rings is 1. The van der Waals surface area contributed by atoms with Gasteiger partial charge in [0.1, 0.15) is 0 Å². The van der Waals surface area contributed by atoms with Gasteiger partial charge in [-0.2, -0.15) is 0 Å². The molecule has 1 N–H and O–H groups in total. The van der Waals surface area contributed by atoms with Gasteiger partial charge in [0.15, 0.2) is 0 Å². The van der Waals surface area contributed by atoms with Crippen molar-refractivity contribution in [2.75, 3.05) is 0 Å². The van der Waals surface area contributed by atoms with Crippen LogP contribution >= 0.6 is 15.9 Å². The molecule has 3 nitrogen and oxygen atoms in total. The van der Waals surface area contributed by atoms with Crippen molar-refractivity contribution in [1.29, 1.82) is 0 Å². The van der Waals surface area contributed by atoms with Gasteiger partial charge in [-0.1, -0.05) is 22.0 Å². The Kier molecular flexibility index (Phi) is 2.21. The SMILES string of the molecule is O=C(O)c1cnc2cc(Br)ccc2c1. The Balaban J connectivity index is 2.67. The van der Waals surface area contributed by atoms with Crippen LogP contribution in [0.4, 0.5) is 0 Å². The molecule has 0 fully saturated rings. The second kappa shape index (κ2) is 3.38. The third-order valence-electron chi connectivity index (χ3n) is 1.89. The number of nitrogens with zero attached hydrogens (tertiary/aromatic N) is 1. The maximum absolute atomic E-state index is 10.7. The van der Waals surface area contributed by atoms with E-state index in [0.717, 1.165) is 15.4 Å². The Labute approximate surface area is 88.5 Å². The average molecular weight is 252 g/mol. The molecule has 4 heteroatoms. The molecular formula is C10H6BrNO2. The van der Waals surface area contributed by atoms with E-state index < -0.39 is 5.97 Å². The molecule has 0 saturated carbocycles. The van der Waals surface area contributed by atoms with Crippen molar-refractivity contribution in [1.82, 2.24) is 4.98 Å². The van der Waals surface area contributed by atoms with E-state index in [9.17, 15) is 4.79 Å². The highest BCUT2D eigenvalue weighted by molar-refractivity contribution is 9.10. The van der Waals surface area contributed by atoms with Gasteiger partial charge in [-0.05, 0) is 18.2 Å². The summed E-state index contributed by atoms with van der Waals surface area (Å²) in [6.45, 7) is 0. The number of hydrogen-bond acceptors (Lipinski definition) is 2. The molecule has 70 valence electrons. The Morgan fingerprint density at radius 2 is 2.14 bits per heavy atom. The van der Waals surface area contributed by atoms with Gasteiger partial charge >= 0.3 is 5.97 Å². The van der Waals surface area contributed by atoms with Gasteiger partial charge < -0.3 is 5.11 Å². The molecule has 0 radical (unpaired) electrons. The number of fused-ring (bicyclic) bond motifs is 1. The molecular weight excluding hydrogens is 246 g/mol. The highest BCUT2D eigenvalue weighted by Crippen LogP contribution is 2.18. The minimum atomic E-state index is -0.956. The molecule has 1 aromatic carbocycles. The first-order valence-electron chi connectivity index (χ1n) is 3.95. The van der Waals surface area contributed by atoms with E-state index in [1.807, 2.05) is 18.2 Å². The van der Waals surface area contributed by atoms with Gasteiger partial charge in [0.05, 0.1) is 11.1 Å². The van der Waals surface area contributed by atoms with Crippen LogP contribution in [0.2, 0.25) is 0 Å². The molecule has 0 aliphatic heterocycles. The van der Waals surface area contributed by atoms with Crippen molar-refractivity contribution in [3.63, 3.8) is 0 Å². The van der Waals surface area contributed by atoms with Gasteiger partial charge in [0.25, 0.3) is 0 Å². The standard InChI is InChI=1S/C10H6BrNO2/c11-8-2-1-6-3-7(10(13)14)5-12-9(6)4-8/h1-5H,(H,13,14). The third kappa shape index (κ3) is 1.61. The fraction of sp³-hybridized carbons (Fsp3) is 0. The third-order valence-corrected chi connectivity index (χ3v) is 2.39. The van der Waals surface area contributed by atoms with E-state index in [2.05, 4.69) is 20.9 Å². The highest BCUT2D eigenvalue weighted by atomic mass is 79.9. The lowest BCUT2D eigenvalue weighted by molar-refractivity contribution is 0.0696. The lowest BCUT2D eigenvalue weighted by atomic mass is 10.2. The highest BCUT2D eigenvalue weighted by Gasteiger charge is 2.04. The molecule has 0 aliphatic rings. The summed E-state index contributed by atoms with van der Waals surface area (Å²) in [5, 5.41) is 9.58. The molecule has 0 saturated heterocycles. The minimum absolute atomic E-state index is 0.208. The Hall–Kier alpha value is -1.42. The average Bonchev–Trinajstić information content (AvgIpc) is 2.16. The second-order valence-corrected chi connectivity index (χ2v) is 3.78. The smallest absolute Gasteiger partial charge is 0.337 e. The normalized spacial score (nSPS) is 10.4. The summed E-state index contributed by atoms with van der Waals surface area (Å²) >= 11 is 3.32. The molecule has 0 spiro atoms. The van der Waals surface area contributed by atoms with Crippen LogP contribution in [0.25, 0.3) is 10.9 Å². The lowest BCUT2D eigenvalue weighted by Crippen LogP contribution is -1.96. The summed E-state index contributed by atoms with van der Waals surface area (Å²) in [7, 11) is 0. The predicted octanol–water partition coefficient (Wildman–Crippen LogP) is 2.70. The fourth-order valence-corrected chi connectivity index (χ4v) is 1.56. The molecule has 0 amide bonds. The molecule has 0 aliphatic carbocycles. The molecule has 2 rings (SSSR count). The lowest BCUT2D eigenvalue weighted by Gasteiger charge is -1.99. The number of carboxylic acid groups (broad SMARTS) is 1. The van der Waals surface area contributed by atoms with Crippen molar-refractivity contribution in [3.8, 4) is 0 Å². The van der Waals surface area contributed by atoms with Gasteiger partial charge in [0.2, 0.25) is 0 Å². The summed E-state index contributed by atoms with van der Waals surface area (Å²) in [5.74, 6) is -0.956. The van der Waals surface area contributed by atoms with Crippen LogP contribution < -0.4 is 0 Å². The molecule has 1 aromatic heterocycles. The van der Waals surface area contributed by atoms with Crippen LogP contribution in [-0.4, -0.2) is 16.1 Å². The van der Waals surface area contributed by atoms with Crippen molar-refractivity contribution >= 4 is 32.8 Å². The van der Waals surface area contributed by atoms with Crippen molar-refractivity contribution < 1.29 is 9.90 Å². The van der Waals surface area contributed by atoms with Gasteiger partial charge in [-0.3, -0.25) is 4.98 Å². The van der Waals surface area contributed by atoms with E-state index in [0.29, 0.717) is 0 Å². The molecule has 2 aromatic rings. The molecule has 0 atom stereocenters. The van der Waals surface area contributed by atoms with Crippen LogP contribution in [-0.2, 0) is 0 Å². The molecule has 0 unspecified atom stereocenters. The minimum Gasteiger partial charge on any atom is -0.478 e. The van der Waals surface area contributed by atoms with Crippen LogP contribution in [0.15, 0.2) is 34.9 Å². The van der Waals surface area contributed by atoms with E-state index in [1.165, 1.54) is 6.20 Å². The number of carboxylic acids is 1. The van der Waals surface area contributed by atoms with Crippen molar-refractivity contribution in [2.24, 2.45) is 0 Å². The predicted molar refractivity (Wildman–Crippen MR) is 56.4 cm³/mol. The van der Waals surface area contributed by atoms with E-state index in [-0.39, 0.29) is 5.56 Å². The maximum atomic E-state index is 10.7. The number of aromatic carboxylic acids is 1. The van der Waals surface area contributed by atoms with Crippen LogP contribution in [0, 0.1) is 0 Å². The van der Waals surface area contributed by atoms with E-state index in [1.54, 1.807) is 6.07 Å². The summed E-state index contributed by atoms with van der Waals surface area (Å²) in [4.78, 5) is 14.7. The first-order chi connectivity index (χ1) is 6.66. The topological polar surface area (TPSA) is 50.2 Å². The second-order valence-electron chi connectivity index (χ2n) is 2.87. The first-order valence-corrected chi connectivity index (χ1v) is 4.75. The van der Waals surface area contributed by atoms with Crippen molar-refractivity contribution in [3.05, 3.63) is 40.5 Å². The molecule has 14 heavy (non-hydrogen) atoms. The Bertz CT molecular complexity index is 510. The molecule has 1 heterocycles. The Morgan fingerprint density at radius 3 is 2.86 bits per heavy atom. The van der Waals surface area contributed by atoms with Crippen LogP contribution in [0.3, 0.4) is 0 Å². The summed E-state index contributed by atoms with van der Waals surface area (Å²) < 4.78 is 0.931. The fourth-order valence-electron chi connectivity index (χ4n) is 1.21. The summed E-state index contributed by atoms with van der Waals surface area (Å²) in [6.07, 6.45) is 1.36. The van der Waals surface area contributed by atoms with Gasteiger partial charge in [-0.15, -0.1) is 0 Å². The quantitative estimate of drug-likeness (QED) is 0.848. The maximum Gasteiger partial charge on any atom is 0.337 e.